The van der Waals surface area contributed by atoms with Crippen molar-refractivity contribution < 1.29 is 9.84 Å². The maximum atomic E-state index is 9.05. The normalized spacial score (nSPS) is 10.3. The summed E-state index contributed by atoms with van der Waals surface area (Å²) in [6.45, 7) is 1.90. The first-order valence-corrected chi connectivity index (χ1v) is 6.13. The molecule has 0 amide bonds. The van der Waals surface area contributed by atoms with Crippen LogP contribution in [0, 0.1) is 6.92 Å². The molecular formula is C14H17N3O2. The molecule has 1 heterocycles. The molecule has 0 aliphatic rings. The van der Waals surface area contributed by atoms with Crippen LogP contribution in [-0.2, 0) is 6.42 Å². The second-order valence-electron chi connectivity index (χ2n) is 4.07. The van der Waals surface area contributed by atoms with Crippen molar-refractivity contribution >= 4 is 5.82 Å². The number of aromatic nitrogens is 2. The predicted octanol–water partition coefficient (Wildman–Crippen LogP) is 2.15. The molecule has 0 saturated carbocycles. The number of aliphatic hydroxyl groups excluding tert-OH is 1. The van der Waals surface area contributed by atoms with E-state index in [1.807, 2.05) is 31.2 Å². The number of nitrogens with zero attached hydrogens (tertiary/aromatic N) is 2. The molecule has 5 nitrogen and oxygen atoms in total. The van der Waals surface area contributed by atoms with Crippen LogP contribution in [0.3, 0.4) is 0 Å². The molecule has 0 unspecified atom stereocenters. The molecule has 0 fully saturated rings. The van der Waals surface area contributed by atoms with Crippen molar-refractivity contribution in [2.75, 3.05) is 19.0 Å². The molecule has 100 valence electrons. The van der Waals surface area contributed by atoms with Crippen molar-refractivity contribution in [3.05, 3.63) is 41.7 Å². The van der Waals surface area contributed by atoms with Crippen LogP contribution in [0.4, 0.5) is 5.82 Å². The number of anilines is 1. The van der Waals surface area contributed by atoms with Crippen LogP contribution in [0.25, 0.3) is 0 Å². The summed E-state index contributed by atoms with van der Waals surface area (Å²) >= 11 is 0. The maximum Gasteiger partial charge on any atom is 0.224 e. The van der Waals surface area contributed by atoms with Gasteiger partial charge in [0.2, 0.25) is 5.88 Å². The number of ether oxygens (including phenoxy) is 1. The Balaban J connectivity index is 2.28. The number of para-hydroxylation sites is 1. The summed E-state index contributed by atoms with van der Waals surface area (Å²) in [6.07, 6.45) is 0.555. The molecule has 2 N–H and O–H groups in total. The molecule has 2 rings (SSSR count). The topological polar surface area (TPSA) is 67.3 Å². The Hall–Kier alpha value is -2.14. The van der Waals surface area contributed by atoms with Gasteiger partial charge in [-0.1, -0.05) is 18.2 Å². The lowest BCUT2D eigenvalue weighted by atomic mass is 10.1. The highest BCUT2D eigenvalue weighted by Gasteiger charge is 2.07. The van der Waals surface area contributed by atoms with Gasteiger partial charge in [0.1, 0.15) is 17.4 Å². The highest BCUT2D eigenvalue weighted by molar-refractivity contribution is 5.41. The summed E-state index contributed by atoms with van der Waals surface area (Å²) in [5, 5.41) is 12.0. The molecule has 19 heavy (non-hydrogen) atoms. The fourth-order valence-corrected chi connectivity index (χ4v) is 1.76. The number of aryl methyl sites for hydroxylation is 1. The van der Waals surface area contributed by atoms with Crippen molar-refractivity contribution in [3.8, 4) is 11.6 Å². The minimum Gasteiger partial charge on any atom is -0.439 e. The Morgan fingerprint density at radius 1 is 1.26 bits per heavy atom. The maximum absolute atomic E-state index is 9.05. The molecule has 0 saturated heterocycles. The highest BCUT2D eigenvalue weighted by Crippen LogP contribution is 2.25. The molecule has 0 radical (unpaired) electrons. The van der Waals surface area contributed by atoms with Gasteiger partial charge in [-0.2, -0.15) is 4.98 Å². The number of aliphatic hydroxyl groups is 1. The van der Waals surface area contributed by atoms with Crippen molar-refractivity contribution in [2.24, 2.45) is 0 Å². The summed E-state index contributed by atoms with van der Waals surface area (Å²) in [5.74, 6) is 2.54. The van der Waals surface area contributed by atoms with Gasteiger partial charge in [0.05, 0.1) is 0 Å². The quantitative estimate of drug-likeness (QED) is 0.861. The van der Waals surface area contributed by atoms with Crippen molar-refractivity contribution in [2.45, 2.75) is 13.3 Å². The molecule has 0 spiro atoms. The Morgan fingerprint density at radius 3 is 2.79 bits per heavy atom. The van der Waals surface area contributed by atoms with Gasteiger partial charge in [0.25, 0.3) is 0 Å². The number of hydrogen-bond acceptors (Lipinski definition) is 5. The zero-order valence-corrected chi connectivity index (χ0v) is 11.1. The summed E-state index contributed by atoms with van der Waals surface area (Å²) in [5.41, 5.74) is 0.951. The van der Waals surface area contributed by atoms with E-state index in [0.717, 1.165) is 5.56 Å². The first-order chi connectivity index (χ1) is 9.22. The molecular weight excluding hydrogens is 242 g/mol. The SMILES string of the molecule is CNc1cc(Oc2ccccc2CCO)nc(C)n1. The van der Waals surface area contributed by atoms with E-state index in [2.05, 4.69) is 15.3 Å². The zero-order valence-electron chi connectivity index (χ0n) is 11.1. The molecule has 0 bridgehead atoms. The van der Waals surface area contributed by atoms with Crippen LogP contribution in [-0.4, -0.2) is 28.7 Å². The molecule has 5 heteroatoms. The lowest BCUT2D eigenvalue weighted by molar-refractivity contribution is 0.297. The first-order valence-electron chi connectivity index (χ1n) is 6.13. The van der Waals surface area contributed by atoms with Gasteiger partial charge in [0.15, 0.2) is 0 Å². The van der Waals surface area contributed by atoms with Crippen LogP contribution in [0.1, 0.15) is 11.4 Å². The van der Waals surface area contributed by atoms with Gasteiger partial charge in [0, 0.05) is 19.7 Å². The van der Waals surface area contributed by atoms with Gasteiger partial charge >= 0.3 is 0 Å². The fourth-order valence-electron chi connectivity index (χ4n) is 1.76. The minimum atomic E-state index is 0.0882. The summed E-state index contributed by atoms with van der Waals surface area (Å²) in [4.78, 5) is 8.45. The Kier molecular flexibility index (Phi) is 4.30. The number of benzene rings is 1. The fraction of sp³-hybridized carbons (Fsp3) is 0.286. The van der Waals surface area contributed by atoms with E-state index in [4.69, 9.17) is 9.84 Å². The molecule has 0 aliphatic heterocycles. The molecule has 2 aromatic rings. The third-order valence-electron chi connectivity index (χ3n) is 2.64. The second-order valence-corrected chi connectivity index (χ2v) is 4.07. The van der Waals surface area contributed by atoms with E-state index in [9.17, 15) is 0 Å². The summed E-state index contributed by atoms with van der Waals surface area (Å²) < 4.78 is 5.78. The standard InChI is InChI=1S/C14H17N3O2/c1-10-16-13(15-2)9-14(17-10)19-12-6-4-3-5-11(12)7-8-18/h3-6,9,18H,7-8H2,1-2H3,(H,15,16,17). The first kappa shape index (κ1) is 13.3. The average Bonchev–Trinajstić information content (AvgIpc) is 2.40. The van der Waals surface area contributed by atoms with Crippen molar-refractivity contribution in [1.29, 1.82) is 0 Å². The average molecular weight is 259 g/mol. The highest BCUT2D eigenvalue weighted by atomic mass is 16.5. The third-order valence-corrected chi connectivity index (χ3v) is 2.64. The van der Waals surface area contributed by atoms with E-state index in [1.54, 1.807) is 13.1 Å². The van der Waals surface area contributed by atoms with Crippen molar-refractivity contribution in [3.63, 3.8) is 0 Å². The monoisotopic (exact) mass is 259 g/mol. The van der Waals surface area contributed by atoms with Gasteiger partial charge in [-0.05, 0) is 25.0 Å². The van der Waals surface area contributed by atoms with Crippen LogP contribution in [0.15, 0.2) is 30.3 Å². The number of hydrogen-bond donors (Lipinski definition) is 2. The van der Waals surface area contributed by atoms with E-state index in [0.29, 0.717) is 29.7 Å². The Bertz CT molecular complexity index is 558. The zero-order chi connectivity index (χ0) is 13.7. The van der Waals surface area contributed by atoms with Gasteiger partial charge in [-0.25, -0.2) is 4.98 Å². The van der Waals surface area contributed by atoms with Gasteiger partial charge in [-0.15, -0.1) is 0 Å². The summed E-state index contributed by atoms with van der Waals surface area (Å²) in [6, 6.07) is 9.34. The predicted molar refractivity (Wildman–Crippen MR) is 73.6 cm³/mol. The lowest BCUT2D eigenvalue weighted by Gasteiger charge is -2.10. The van der Waals surface area contributed by atoms with Crippen molar-refractivity contribution in [1.82, 2.24) is 9.97 Å². The Morgan fingerprint density at radius 2 is 2.05 bits per heavy atom. The Labute approximate surface area is 112 Å². The van der Waals surface area contributed by atoms with Gasteiger partial charge in [-0.3, -0.25) is 0 Å². The largest absolute Gasteiger partial charge is 0.439 e. The third kappa shape index (κ3) is 3.42. The molecule has 0 aliphatic carbocycles. The lowest BCUT2D eigenvalue weighted by Crippen LogP contribution is -2.00. The van der Waals surface area contributed by atoms with Crippen LogP contribution < -0.4 is 10.1 Å². The van der Waals surface area contributed by atoms with E-state index < -0.39 is 0 Å². The van der Waals surface area contributed by atoms with Crippen LogP contribution in [0.2, 0.25) is 0 Å². The minimum absolute atomic E-state index is 0.0882. The van der Waals surface area contributed by atoms with E-state index >= 15 is 0 Å². The molecule has 0 atom stereocenters. The second kappa shape index (κ2) is 6.15. The van der Waals surface area contributed by atoms with Gasteiger partial charge < -0.3 is 15.2 Å². The van der Waals surface area contributed by atoms with Crippen LogP contribution >= 0.6 is 0 Å². The number of nitrogens with one attached hydrogen (secondary N) is 1. The smallest absolute Gasteiger partial charge is 0.224 e. The van der Waals surface area contributed by atoms with Crippen LogP contribution in [0.5, 0.6) is 11.6 Å². The molecule has 1 aromatic heterocycles. The van der Waals surface area contributed by atoms with E-state index in [1.165, 1.54) is 0 Å². The molecule has 1 aromatic carbocycles. The number of rotatable bonds is 5. The summed E-state index contributed by atoms with van der Waals surface area (Å²) in [7, 11) is 1.80. The van der Waals surface area contributed by atoms with E-state index in [-0.39, 0.29) is 6.61 Å².